The van der Waals surface area contributed by atoms with Crippen LogP contribution < -0.4 is 10.6 Å². The van der Waals surface area contributed by atoms with Gasteiger partial charge in [0.05, 0.1) is 4.92 Å². The van der Waals surface area contributed by atoms with E-state index in [2.05, 4.69) is 9.88 Å². The number of aromatic nitrogens is 1. The van der Waals surface area contributed by atoms with Crippen molar-refractivity contribution in [1.82, 2.24) is 4.98 Å². The maximum absolute atomic E-state index is 10.5. The largest absolute Gasteiger partial charge is 0.355 e. The number of nitro groups is 1. The van der Waals surface area contributed by atoms with Gasteiger partial charge < -0.3 is 10.6 Å². The molecule has 1 atom stereocenters. The van der Waals surface area contributed by atoms with Crippen LogP contribution in [0.15, 0.2) is 18.3 Å². The van der Waals surface area contributed by atoms with Crippen LogP contribution in [0.4, 0.5) is 11.5 Å². The van der Waals surface area contributed by atoms with E-state index in [1.165, 1.54) is 12.3 Å². The van der Waals surface area contributed by atoms with E-state index in [9.17, 15) is 10.1 Å². The van der Waals surface area contributed by atoms with Crippen molar-refractivity contribution in [2.24, 2.45) is 5.73 Å². The summed E-state index contributed by atoms with van der Waals surface area (Å²) < 4.78 is 0. The fraction of sp³-hybridized carbons (Fsp3) is 0.500. The highest BCUT2D eigenvalue weighted by Crippen LogP contribution is 2.19. The summed E-state index contributed by atoms with van der Waals surface area (Å²) in [6.45, 7) is 1.68. The van der Waals surface area contributed by atoms with Crippen LogP contribution in [0, 0.1) is 10.1 Å². The molecule has 6 heteroatoms. The molecule has 86 valence electrons. The summed E-state index contributed by atoms with van der Waals surface area (Å²) >= 11 is 0. The lowest BCUT2D eigenvalue weighted by atomic mass is 10.1. The van der Waals surface area contributed by atoms with E-state index in [1.807, 2.05) is 0 Å². The third-order valence-corrected chi connectivity index (χ3v) is 2.72. The molecule has 16 heavy (non-hydrogen) atoms. The van der Waals surface area contributed by atoms with Crippen LogP contribution >= 0.6 is 0 Å². The average molecular weight is 222 g/mol. The van der Waals surface area contributed by atoms with Crippen molar-refractivity contribution in [3.63, 3.8) is 0 Å². The van der Waals surface area contributed by atoms with Crippen LogP contribution in [-0.2, 0) is 0 Å². The first-order chi connectivity index (χ1) is 7.66. The second-order valence-electron chi connectivity index (χ2n) is 3.98. The zero-order chi connectivity index (χ0) is 11.5. The van der Waals surface area contributed by atoms with Crippen molar-refractivity contribution < 1.29 is 4.92 Å². The van der Waals surface area contributed by atoms with Gasteiger partial charge in [-0.25, -0.2) is 4.98 Å². The minimum atomic E-state index is -0.446. The smallest absolute Gasteiger partial charge is 0.287 e. The van der Waals surface area contributed by atoms with E-state index in [0.717, 1.165) is 31.7 Å². The number of anilines is 1. The Kier molecular flexibility index (Phi) is 3.00. The number of nitrogens with zero attached hydrogens (tertiary/aromatic N) is 3. The highest BCUT2D eigenvalue weighted by atomic mass is 16.6. The molecule has 0 spiro atoms. The molecule has 2 N–H and O–H groups in total. The van der Waals surface area contributed by atoms with Gasteiger partial charge in [-0.05, 0) is 18.9 Å². The third-order valence-electron chi connectivity index (χ3n) is 2.72. The van der Waals surface area contributed by atoms with E-state index >= 15 is 0 Å². The molecular weight excluding hydrogens is 208 g/mol. The van der Waals surface area contributed by atoms with E-state index < -0.39 is 4.92 Å². The molecule has 1 saturated heterocycles. The molecule has 1 aliphatic rings. The standard InChI is InChI=1S/C10H14N4O2/c11-8-2-1-5-13(7-8)10-4-3-9(6-12-10)14(15)16/h3-4,6,8H,1-2,5,7,11H2/t8-/m1/s1. The van der Waals surface area contributed by atoms with Gasteiger partial charge in [-0.1, -0.05) is 0 Å². The van der Waals surface area contributed by atoms with E-state index in [0.29, 0.717) is 0 Å². The Morgan fingerprint density at radius 1 is 1.56 bits per heavy atom. The zero-order valence-corrected chi connectivity index (χ0v) is 8.87. The molecule has 1 aliphatic heterocycles. The minimum Gasteiger partial charge on any atom is -0.355 e. The summed E-state index contributed by atoms with van der Waals surface area (Å²) in [4.78, 5) is 16.2. The van der Waals surface area contributed by atoms with Gasteiger partial charge in [0.25, 0.3) is 5.69 Å². The van der Waals surface area contributed by atoms with Gasteiger partial charge in [0.2, 0.25) is 0 Å². The normalized spacial score (nSPS) is 20.8. The quantitative estimate of drug-likeness (QED) is 0.594. The SMILES string of the molecule is N[C@@H]1CCCN(c2ccc([N+](=O)[O-])cn2)C1. The predicted molar refractivity (Wildman–Crippen MR) is 60.3 cm³/mol. The van der Waals surface area contributed by atoms with Gasteiger partial charge in [0.1, 0.15) is 12.0 Å². The fourth-order valence-corrected chi connectivity index (χ4v) is 1.89. The summed E-state index contributed by atoms with van der Waals surface area (Å²) in [5.74, 6) is 0.765. The third kappa shape index (κ3) is 2.27. The van der Waals surface area contributed by atoms with Crippen molar-refractivity contribution in [1.29, 1.82) is 0 Å². The first kappa shape index (κ1) is 10.8. The topological polar surface area (TPSA) is 85.3 Å². The lowest BCUT2D eigenvalue weighted by Gasteiger charge is -2.31. The van der Waals surface area contributed by atoms with E-state index in [4.69, 9.17) is 5.73 Å². The van der Waals surface area contributed by atoms with Gasteiger partial charge in [0.15, 0.2) is 0 Å². The Hall–Kier alpha value is -1.69. The van der Waals surface area contributed by atoms with Gasteiger partial charge in [-0.2, -0.15) is 0 Å². The Balaban J connectivity index is 2.11. The molecule has 6 nitrogen and oxygen atoms in total. The molecule has 0 bridgehead atoms. The second kappa shape index (κ2) is 4.44. The Morgan fingerprint density at radius 3 is 2.94 bits per heavy atom. The van der Waals surface area contributed by atoms with Crippen molar-refractivity contribution in [3.05, 3.63) is 28.4 Å². The summed E-state index contributed by atoms with van der Waals surface area (Å²) in [7, 11) is 0. The summed E-state index contributed by atoms with van der Waals surface area (Å²) in [5.41, 5.74) is 5.88. The van der Waals surface area contributed by atoms with Crippen LogP contribution in [0.1, 0.15) is 12.8 Å². The van der Waals surface area contributed by atoms with Crippen LogP contribution in [0.2, 0.25) is 0 Å². The second-order valence-corrected chi connectivity index (χ2v) is 3.98. The van der Waals surface area contributed by atoms with Gasteiger partial charge >= 0.3 is 0 Å². The van der Waals surface area contributed by atoms with Crippen LogP contribution in [0.25, 0.3) is 0 Å². The van der Waals surface area contributed by atoms with Crippen molar-refractivity contribution in [2.45, 2.75) is 18.9 Å². The number of pyridine rings is 1. The van der Waals surface area contributed by atoms with Crippen LogP contribution in [0.5, 0.6) is 0 Å². The Labute approximate surface area is 93.2 Å². The number of nitrogens with two attached hydrogens (primary N) is 1. The van der Waals surface area contributed by atoms with Crippen molar-refractivity contribution >= 4 is 11.5 Å². The van der Waals surface area contributed by atoms with Gasteiger partial charge in [-0.15, -0.1) is 0 Å². The van der Waals surface area contributed by atoms with E-state index in [1.54, 1.807) is 6.07 Å². The molecule has 2 heterocycles. The number of rotatable bonds is 2. The van der Waals surface area contributed by atoms with E-state index in [-0.39, 0.29) is 11.7 Å². The summed E-state index contributed by atoms with van der Waals surface area (Å²) in [5, 5.41) is 10.5. The first-order valence-corrected chi connectivity index (χ1v) is 5.28. The zero-order valence-electron chi connectivity index (χ0n) is 8.87. The molecule has 0 saturated carbocycles. The molecule has 1 fully saturated rings. The molecule has 1 aromatic rings. The van der Waals surface area contributed by atoms with Crippen LogP contribution in [-0.4, -0.2) is 29.0 Å². The lowest BCUT2D eigenvalue weighted by Crippen LogP contribution is -2.43. The Bertz CT molecular complexity index is 379. The molecule has 2 rings (SSSR count). The average Bonchev–Trinajstić information content (AvgIpc) is 2.29. The number of hydrogen-bond donors (Lipinski definition) is 1. The lowest BCUT2D eigenvalue weighted by molar-refractivity contribution is -0.385. The molecule has 0 aliphatic carbocycles. The highest BCUT2D eigenvalue weighted by Gasteiger charge is 2.18. The first-order valence-electron chi connectivity index (χ1n) is 5.28. The van der Waals surface area contributed by atoms with Crippen molar-refractivity contribution in [3.8, 4) is 0 Å². The maximum Gasteiger partial charge on any atom is 0.287 e. The minimum absolute atomic E-state index is 0.0186. The number of hydrogen-bond acceptors (Lipinski definition) is 5. The molecule has 1 aromatic heterocycles. The molecule has 0 radical (unpaired) electrons. The van der Waals surface area contributed by atoms with Crippen LogP contribution in [0.3, 0.4) is 0 Å². The molecule has 0 unspecified atom stereocenters. The van der Waals surface area contributed by atoms with Crippen molar-refractivity contribution in [2.75, 3.05) is 18.0 Å². The molecule has 0 aromatic carbocycles. The molecule has 0 amide bonds. The fourth-order valence-electron chi connectivity index (χ4n) is 1.89. The predicted octanol–water partition coefficient (Wildman–Crippen LogP) is 0.917. The highest BCUT2D eigenvalue weighted by molar-refractivity contribution is 5.43. The molecular formula is C10H14N4O2. The van der Waals surface area contributed by atoms with Gasteiger partial charge in [0, 0.05) is 25.2 Å². The maximum atomic E-state index is 10.5. The summed E-state index contributed by atoms with van der Waals surface area (Å²) in [6, 6.07) is 3.32. The van der Waals surface area contributed by atoms with Gasteiger partial charge in [-0.3, -0.25) is 10.1 Å². The summed E-state index contributed by atoms with van der Waals surface area (Å²) in [6.07, 6.45) is 3.36. The monoisotopic (exact) mass is 222 g/mol. The Morgan fingerprint density at radius 2 is 2.38 bits per heavy atom. The number of piperidine rings is 1.